The molecule has 18 heavy (non-hydrogen) atoms. The first-order chi connectivity index (χ1) is 8.66. The van der Waals surface area contributed by atoms with Gasteiger partial charge in [0.1, 0.15) is 6.33 Å². The number of fused-ring (bicyclic) bond motifs is 1. The number of aryl methyl sites for hydroxylation is 1. The molecule has 0 aliphatic rings. The molecular formula is C11H12N6O. The minimum atomic E-state index is -0.600. The number of aliphatic hydroxyl groups is 1. The molecule has 1 atom stereocenters. The molecule has 7 heteroatoms. The standard InChI is InChI=1S/C11H12N6O/c1-7(18)9-3-4-17(15-9)11-8-5-14-16(2)10(8)12-6-13-11/h3-7,18H,1-2H3. The summed E-state index contributed by atoms with van der Waals surface area (Å²) in [6, 6.07) is 1.76. The van der Waals surface area contributed by atoms with E-state index < -0.39 is 6.10 Å². The van der Waals surface area contributed by atoms with Gasteiger partial charge in [-0.15, -0.1) is 0 Å². The van der Waals surface area contributed by atoms with Crippen LogP contribution in [0, 0.1) is 0 Å². The molecule has 0 fully saturated rings. The second-order valence-electron chi connectivity index (χ2n) is 4.06. The third kappa shape index (κ3) is 1.56. The van der Waals surface area contributed by atoms with E-state index in [2.05, 4.69) is 20.2 Å². The van der Waals surface area contributed by atoms with Crippen LogP contribution in [0.15, 0.2) is 24.8 Å². The van der Waals surface area contributed by atoms with Gasteiger partial charge in [-0.2, -0.15) is 10.2 Å². The van der Waals surface area contributed by atoms with Crippen LogP contribution < -0.4 is 0 Å². The minimum Gasteiger partial charge on any atom is -0.387 e. The Balaban J connectivity index is 2.18. The van der Waals surface area contributed by atoms with E-state index in [1.54, 1.807) is 34.7 Å². The summed E-state index contributed by atoms with van der Waals surface area (Å²) in [4.78, 5) is 8.39. The number of aromatic nitrogens is 6. The Morgan fingerprint density at radius 3 is 2.89 bits per heavy atom. The van der Waals surface area contributed by atoms with Gasteiger partial charge in [0, 0.05) is 13.2 Å². The van der Waals surface area contributed by atoms with Gasteiger partial charge in [-0.3, -0.25) is 4.68 Å². The molecule has 3 aromatic rings. The molecule has 0 aliphatic carbocycles. The van der Waals surface area contributed by atoms with Gasteiger partial charge < -0.3 is 5.11 Å². The molecular weight excluding hydrogens is 232 g/mol. The number of hydrogen-bond acceptors (Lipinski definition) is 5. The fourth-order valence-corrected chi connectivity index (χ4v) is 1.81. The van der Waals surface area contributed by atoms with Crippen molar-refractivity contribution >= 4 is 11.0 Å². The zero-order valence-electron chi connectivity index (χ0n) is 10.0. The van der Waals surface area contributed by atoms with E-state index in [1.165, 1.54) is 6.33 Å². The SMILES string of the molecule is CC(O)c1ccn(-c2ncnc3c2cnn3C)n1. The summed E-state index contributed by atoms with van der Waals surface area (Å²) < 4.78 is 3.30. The second kappa shape index (κ2) is 3.88. The Labute approximate surface area is 103 Å². The molecule has 3 heterocycles. The van der Waals surface area contributed by atoms with E-state index in [9.17, 15) is 5.11 Å². The van der Waals surface area contributed by atoms with Crippen molar-refractivity contribution in [2.24, 2.45) is 7.05 Å². The smallest absolute Gasteiger partial charge is 0.167 e. The van der Waals surface area contributed by atoms with E-state index in [0.717, 1.165) is 11.0 Å². The van der Waals surface area contributed by atoms with Crippen molar-refractivity contribution < 1.29 is 5.11 Å². The van der Waals surface area contributed by atoms with Gasteiger partial charge in [-0.05, 0) is 13.0 Å². The molecule has 0 aromatic carbocycles. The molecule has 1 N–H and O–H groups in total. The fourth-order valence-electron chi connectivity index (χ4n) is 1.81. The van der Waals surface area contributed by atoms with Crippen LogP contribution in [0.1, 0.15) is 18.7 Å². The van der Waals surface area contributed by atoms with Crippen LogP contribution in [0.5, 0.6) is 0 Å². The number of aliphatic hydroxyl groups excluding tert-OH is 1. The first-order valence-electron chi connectivity index (χ1n) is 5.53. The summed E-state index contributed by atoms with van der Waals surface area (Å²) in [5.41, 5.74) is 1.35. The summed E-state index contributed by atoms with van der Waals surface area (Å²) in [5, 5.41) is 18.7. The summed E-state index contributed by atoms with van der Waals surface area (Å²) in [7, 11) is 1.82. The molecule has 3 aromatic heterocycles. The maximum absolute atomic E-state index is 9.48. The van der Waals surface area contributed by atoms with Gasteiger partial charge in [0.05, 0.1) is 23.4 Å². The summed E-state index contributed by atoms with van der Waals surface area (Å²) in [6.07, 6.45) is 4.34. The van der Waals surface area contributed by atoms with Crippen LogP contribution in [-0.4, -0.2) is 34.6 Å². The van der Waals surface area contributed by atoms with Gasteiger partial charge in [-0.1, -0.05) is 0 Å². The van der Waals surface area contributed by atoms with Crippen LogP contribution in [-0.2, 0) is 7.05 Å². The lowest BCUT2D eigenvalue weighted by Gasteiger charge is -2.02. The molecule has 7 nitrogen and oxygen atoms in total. The summed E-state index contributed by atoms with van der Waals surface area (Å²) in [5.74, 6) is 0.653. The highest BCUT2D eigenvalue weighted by molar-refractivity contribution is 5.81. The molecule has 0 bridgehead atoms. The summed E-state index contributed by atoms with van der Waals surface area (Å²) in [6.45, 7) is 1.67. The minimum absolute atomic E-state index is 0.600. The molecule has 0 spiro atoms. The zero-order valence-corrected chi connectivity index (χ0v) is 10.0. The van der Waals surface area contributed by atoms with Crippen molar-refractivity contribution in [3.63, 3.8) is 0 Å². The molecule has 0 saturated heterocycles. The second-order valence-corrected chi connectivity index (χ2v) is 4.06. The fraction of sp³-hybridized carbons (Fsp3) is 0.273. The average molecular weight is 244 g/mol. The van der Waals surface area contributed by atoms with Crippen molar-refractivity contribution in [3.05, 3.63) is 30.5 Å². The molecule has 3 rings (SSSR count). The quantitative estimate of drug-likeness (QED) is 0.714. The van der Waals surface area contributed by atoms with Gasteiger partial charge in [0.2, 0.25) is 0 Å². The largest absolute Gasteiger partial charge is 0.387 e. The lowest BCUT2D eigenvalue weighted by molar-refractivity contribution is 0.193. The Morgan fingerprint density at radius 1 is 1.33 bits per heavy atom. The van der Waals surface area contributed by atoms with E-state index in [0.29, 0.717) is 11.5 Å². The predicted octanol–water partition coefficient (Wildman–Crippen LogP) is 0.602. The first-order valence-corrected chi connectivity index (χ1v) is 5.53. The van der Waals surface area contributed by atoms with Gasteiger partial charge in [0.25, 0.3) is 0 Å². The Kier molecular flexibility index (Phi) is 2.34. The van der Waals surface area contributed by atoms with E-state index in [1.807, 2.05) is 7.05 Å². The number of rotatable bonds is 2. The molecule has 0 aliphatic heterocycles. The monoisotopic (exact) mass is 244 g/mol. The third-order valence-electron chi connectivity index (χ3n) is 2.76. The van der Waals surface area contributed by atoms with E-state index >= 15 is 0 Å². The van der Waals surface area contributed by atoms with Crippen LogP contribution >= 0.6 is 0 Å². The van der Waals surface area contributed by atoms with Crippen molar-refractivity contribution in [3.8, 4) is 5.82 Å². The van der Waals surface area contributed by atoms with E-state index in [-0.39, 0.29) is 0 Å². The topological polar surface area (TPSA) is 81.6 Å². The first kappa shape index (κ1) is 10.8. The van der Waals surface area contributed by atoms with Gasteiger partial charge in [0.15, 0.2) is 11.5 Å². The van der Waals surface area contributed by atoms with Crippen molar-refractivity contribution in [1.82, 2.24) is 29.5 Å². The highest BCUT2D eigenvalue weighted by atomic mass is 16.3. The number of nitrogens with zero attached hydrogens (tertiary/aromatic N) is 6. The van der Waals surface area contributed by atoms with Crippen molar-refractivity contribution in [2.75, 3.05) is 0 Å². The molecule has 0 saturated carbocycles. The number of hydrogen-bond donors (Lipinski definition) is 1. The molecule has 0 radical (unpaired) electrons. The van der Waals surface area contributed by atoms with Crippen LogP contribution in [0.4, 0.5) is 0 Å². The van der Waals surface area contributed by atoms with Crippen LogP contribution in [0.3, 0.4) is 0 Å². The van der Waals surface area contributed by atoms with Crippen molar-refractivity contribution in [2.45, 2.75) is 13.0 Å². The van der Waals surface area contributed by atoms with E-state index in [4.69, 9.17) is 0 Å². The Morgan fingerprint density at radius 2 is 2.17 bits per heavy atom. The van der Waals surface area contributed by atoms with Crippen molar-refractivity contribution in [1.29, 1.82) is 0 Å². The average Bonchev–Trinajstić information content (AvgIpc) is 2.97. The normalized spacial score (nSPS) is 13.1. The maximum Gasteiger partial charge on any atom is 0.167 e. The molecule has 1 unspecified atom stereocenters. The lowest BCUT2D eigenvalue weighted by Crippen LogP contribution is -2.02. The van der Waals surface area contributed by atoms with Crippen LogP contribution in [0.25, 0.3) is 16.9 Å². The molecule has 0 amide bonds. The lowest BCUT2D eigenvalue weighted by atomic mass is 10.3. The predicted molar refractivity (Wildman–Crippen MR) is 64.1 cm³/mol. The third-order valence-corrected chi connectivity index (χ3v) is 2.76. The Hall–Kier alpha value is -2.28. The maximum atomic E-state index is 9.48. The highest BCUT2D eigenvalue weighted by Gasteiger charge is 2.12. The zero-order chi connectivity index (χ0) is 12.7. The Bertz CT molecular complexity index is 698. The summed E-state index contributed by atoms with van der Waals surface area (Å²) >= 11 is 0. The highest BCUT2D eigenvalue weighted by Crippen LogP contribution is 2.18. The molecule has 92 valence electrons. The van der Waals surface area contributed by atoms with Gasteiger partial charge >= 0.3 is 0 Å². The van der Waals surface area contributed by atoms with Crippen LogP contribution in [0.2, 0.25) is 0 Å². The van der Waals surface area contributed by atoms with Gasteiger partial charge in [-0.25, -0.2) is 14.6 Å².